The first-order valence-electron chi connectivity index (χ1n) is 11.1. The molecule has 2 amide bonds. The van der Waals surface area contributed by atoms with Gasteiger partial charge in [-0.25, -0.2) is 9.79 Å². The number of rotatable bonds is 6. The lowest BCUT2D eigenvalue weighted by atomic mass is 10.2. The Morgan fingerprint density at radius 1 is 1.08 bits per heavy atom. The summed E-state index contributed by atoms with van der Waals surface area (Å²) in [7, 11) is 0. The molecular weight excluding hydrogens is 543 g/mol. The van der Waals surface area contributed by atoms with Crippen LogP contribution in [0.15, 0.2) is 77.8 Å². The number of hydrogen-bond donors (Lipinski definition) is 2. The van der Waals surface area contributed by atoms with Gasteiger partial charge in [-0.1, -0.05) is 41.6 Å². The molecule has 1 saturated heterocycles. The summed E-state index contributed by atoms with van der Waals surface area (Å²) in [6.07, 6.45) is -4.76. The van der Waals surface area contributed by atoms with Crippen molar-refractivity contribution in [1.82, 2.24) is 4.90 Å². The molecule has 0 bridgehead atoms. The molecule has 38 heavy (non-hydrogen) atoms. The summed E-state index contributed by atoms with van der Waals surface area (Å²) >= 11 is 6.89. The summed E-state index contributed by atoms with van der Waals surface area (Å²) in [5.74, 6) is -2.09. The van der Waals surface area contributed by atoms with Gasteiger partial charge in [0.1, 0.15) is 5.25 Å². The van der Waals surface area contributed by atoms with Gasteiger partial charge in [-0.05, 0) is 60.2 Å². The monoisotopic (exact) mass is 561 g/mol. The maximum absolute atomic E-state index is 13.2. The van der Waals surface area contributed by atoms with Gasteiger partial charge < -0.3 is 10.4 Å². The number of anilines is 1. The fourth-order valence-corrected chi connectivity index (χ4v) is 4.77. The molecule has 0 spiro atoms. The lowest BCUT2D eigenvalue weighted by Gasteiger charge is -2.32. The Labute approximate surface area is 224 Å². The van der Waals surface area contributed by atoms with Crippen LogP contribution in [0, 0.1) is 0 Å². The summed E-state index contributed by atoms with van der Waals surface area (Å²) in [5, 5.41) is 11.3. The topological polar surface area (TPSA) is 99.1 Å². The first kappa shape index (κ1) is 27.2. The van der Waals surface area contributed by atoms with E-state index < -0.39 is 34.8 Å². The smallest absolute Gasteiger partial charge is 0.416 e. The number of carbonyl (C=O) groups is 3. The zero-order valence-corrected chi connectivity index (χ0v) is 21.0. The van der Waals surface area contributed by atoms with Gasteiger partial charge in [0.2, 0.25) is 11.8 Å². The van der Waals surface area contributed by atoms with Gasteiger partial charge in [0.15, 0.2) is 5.17 Å². The highest BCUT2D eigenvalue weighted by atomic mass is 35.5. The first-order chi connectivity index (χ1) is 18.0. The molecule has 1 atom stereocenters. The molecule has 0 aliphatic carbocycles. The molecule has 0 saturated carbocycles. The number of halogens is 4. The molecule has 2 N–H and O–H groups in total. The van der Waals surface area contributed by atoms with Crippen molar-refractivity contribution in [3.05, 3.63) is 94.5 Å². The molecule has 3 aromatic carbocycles. The third kappa shape index (κ3) is 6.73. The Hall–Kier alpha value is -3.83. The second kappa shape index (κ2) is 11.3. The molecule has 1 heterocycles. The van der Waals surface area contributed by atoms with Crippen LogP contribution in [-0.2, 0) is 22.3 Å². The number of hydrogen-bond acceptors (Lipinski definition) is 5. The van der Waals surface area contributed by atoms with Gasteiger partial charge in [0.25, 0.3) is 0 Å². The predicted molar refractivity (Wildman–Crippen MR) is 139 cm³/mol. The minimum Gasteiger partial charge on any atom is -0.478 e. The van der Waals surface area contributed by atoms with Crippen molar-refractivity contribution in [2.24, 2.45) is 4.99 Å². The van der Waals surface area contributed by atoms with Crippen molar-refractivity contribution in [3.63, 3.8) is 0 Å². The Morgan fingerprint density at radius 3 is 2.39 bits per heavy atom. The van der Waals surface area contributed by atoms with E-state index in [1.807, 2.05) is 0 Å². The lowest BCUT2D eigenvalue weighted by molar-refractivity contribution is -0.137. The molecule has 1 aliphatic rings. The maximum Gasteiger partial charge on any atom is 0.416 e. The van der Waals surface area contributed by atoms with E-state index in [1.165, 1.54) is 41.3 Å². The highest BCUT2D eigenvalue weighted by Gasteiger charge is 2.36. The minimum atomic E-state index is -4.58. The highest BCUT2D eigenvalue weighted by Crippen LogP contribution is 2.34. The van der Waals surface area contributed by atoms with Crippen molar-refractivity contribution in [3.8, 4) is 0 Å². The van der Waals surface area contributed by atoms with Gasteiger partial charge in [0, 0.05) is 17.1 Å². The number of aromatic carboxylic acids is 1. The Bertz CT molecular complexity index is 1400. The fraction of sp³-hybridized carbons (Fsp3) is 0.154. The van der Waals surface area contributed by atoms with Crippen LogP contribution in [0.25, 0.3) is 0 Å². The van der Waals surface area contributed by atoms with E-state index in [9.17, 15) is 27.6 Å². The predicted octanol–water partition coefficient (Wildman–Crippen LogP) is 6.22. The second-order valence-electron chi connectivity index (χ2n) is 8.23. The maximum atomic E-state index is 13.2. The molecule has 3 aromatic rings. The highest BCUT2D eigenvalue weighted by molar-refractivity contribution is 8.15. The number of carboxylic acid groups (broad SMARTS) is 1. The van der Waals surface area contributed by atoms with E-state index in [0.717, 1.165) is 23.9 Å². The molecule has 12 heteroatoms. The van der Waals surface area contributed by atoms with E-state index in [1.54, 1.807) is 24.3 Å². The van der Waals surface area contributed by atoms with Crippen LogP contribution in [0.5, 0.6) is 0 Å². The number of aliphatic imine (C=N–C) groups is 1. The molecule has 196 valence electrons. The normalized spacial score (nSPS) is 16.9. The third-order valence-electron chi connectivity index (χ3n) is 5.48. The average molecular weight is 562 g/mol. The molecule has 1 fully saturated rings. The largest absolute Gasteiger partial charge is 0.478 e. The average Bonchev–Trinajstić information content (AvgIpc) is 2.87. The van der Waals surface area contributed by atoms with Crippen LogP contribution in [-0.4, -0.2) is 38.2 Å². The zero-order chi connectivity index (χ0) is 27.4. The van der Waals surface area contributed by atoms with Crippen molar-refractivity contribution >= 4 is 57.7 Å². The Morgan fingerprint density at radius 2 is 1.76 bits per heavy atom. The standard InChI is InChI=1S/C26H19ClF3N3O4S/c27-18-8-4-15(5-9-18)14-33-22(34)13-21(23(35)31-19-10-6-16(7-11-19)24(36)37)38-25(33)32-20-3-1-2-17(12-20)26(28,29)30/h1-12,21H,13-14H2,(H,31,35)(H,36,37). The van der Waals surface area contributed by atoms with E-state index >= 15 is 0 Å². The van der Waals surface area contributed by atoms with E-state index in [4.69, 9.17) is 16.7 Å². The number of nitrogens with one attached hydrogen (secondary N) is 1. The van der Waals surface area contributed by atoms with Crippen molar-refractivity contribution < 1.29 is 32.7 Å². The number of alkyl halides is 3. The van der Waals surface area contributed by atoms with Crippen LogP contribution in [0.4, 0.5) is 24.5 Å². The van der Waals surface area contributed by atoms with Crippen LogP contribution >= 0.6 is 23.4 Å². The Balaban J connectivity index is 1.62. The third-order valence-corrected chi connectivity index (χ3v) is 6.92. The number of amides is 2. The summed E-state index contributed by atoms with van der Waals surface area (Å²) in [6.45, 7) is 0.0752. The number of nitrogens with zero attached hydrogens (tertiary/aromatic N) is 2. The van der Waals surface area contributed by atoms with Gasteiger partial charge in [0.05, 0.1) is 23.4 Å². The van der Waals surface area contributed by atoms with Crippen LogP contribution < -0.4 is 5.32 Å². The number of carboxylic acids is 1. The van der Waals surface area contributed by atoms with Crippen LogP contribution in [0.3, 0.4) is 0 Å². The van der Waals surface area contributed by atoms with Crippen LogP contribution in [0.1, 0.15) is 27.9 Å². The van der Waals surface area contributed by atoms with Gasteiger partial charge in [-0.2, -0.15) is 13.2 Å². The second-order valence-corrected chi connectivity index (χ2v) is 9.84. The SMILES string of the molecule is O=C(O)c1ccc(NC(=O)C2CC(=O)N(Cc3ccc(Cl)cc3)C(=Nc3cccc(C(F)(F)F)c3)S2)cc1. The summed E-state index contributed by atoms with van der Waals surface area (Å²) in [4.78, 5) is 42.8. The van der Waals surface area contributed by atoms with Gasteiger partial charge in [-0.3, -0.25) is 14.5 Å². The summed E-state index contributed by atoms with van der Waals surface area (Å²) in [6, 6.07) is 16.6. The van der Waals surface area contributed by atoms with E-state index in [2.05, 4.69) is 10.3 Å². The van der Waals surface area contributed by atoms with Crippen molar-refractivity contribution in [1.29, 1.82) is 0 Å². The van der Waals surface area contributed by atoms with Gasteiger partial charge in [-0.15, -0.1) is 0 Å². The summed E-state index contributed by atoms with van der Waals surface area (Å²) < 4.78 is 39.7. The van der Waals surface area contributed by atoms with E-state index in [0.29, 0.717) is 16.3 Å². The minimum absolute atomic E-state index is 0.0263. The molecule has 4 rings (SSSR count). The Kier molecular flexibility index (Phi) is 8.08. The van der Waals surface area contributed by atoms with Crippen molar-refractivity contribution in [2.75, 3.05) is 5.32 Å². The van der Waals surface area contributed by atoms with Crippen molar-refractivity contribution in [2.45, 2.75) is 24.4 Å². The molecule has 1 unspecified atom stereocenters. The molecule has 7 nitrogen and oxygen atoms in total. The van der Waals surface area contributed by atoms with E-state index in [-0.39, 0.29) is 29.4 Å². The van der Waals surface area contributed by atoms with Crippen LogP contribution in [0.2, 0.25) is 5.02 Å². The molecule has 0 aromatic heterocycles. The number of amidine groups is 1. The lowest BCUT2D eigenvalue weighted by Crippen LogP contribution is -2.44. The summed E-state index contributed by atoms with van der Waals surface area (Å²) in [5.41, 5.74) is 0.157. The molecular formula is C26H19ClF3N3O4S. The quantitative estimate of drug-likeness (QED) is 0.372. The number of benzene rings is 3. The molecule has 0 radical (unpaired) electrons. The fourth-order valence-electron chi connectivity index (χ4n) is 3.55. The molecule has 1 aliphatic heterocycles. The number of thioether (sulfide) groups is 1. The first-order valence-corrected chi connectivity index (χ1v) is 12.4. The number of carbonyl (C=O) groups excluding carboxylic acids is 2. The zero-order valence-electron chi connectivity index (χ0n) is 19.4. The van der Waals surface area contributed by atoms with Gasteiger partial charge >= 0.3 is 12.1 Å².